The van der Waals surface area contributed by atoms with Crippen LogP contribution in [0.2, 0.25) is 0 Å². The second kappa shape index (κ2) is 8.50. The van der Waals surface area contributed by atoms with Crippen molar-refractivity contribution in [2.24, 2.45) is 0 Å². The van der Waals surface area contributed by atoms with Gasteiger partial charge in [-0.3, -0.25) is 9.59 Å². The van der Waals surface area contributed by atoms with E-state index in [0.717, 1.165) is 24.0 Å². The third kappa shape index (κ3) is 8.56. The topological polar surface area (TPSA) is 63.6 Å². The molecule has 4 nitrogen and oxygen atoms in total. The standard InChI is InChI=1S/C14H22O4/c1-10(8-9-14(16)17)6-5-7-11(2)12(3)18-13(4)15/h6,12H,2,5,7-9H2,1,3-4H3,(H,16,17)/b10-6+. The highest BCUT2D eigenvalue weighted by molar-refractivity contribution is 5.67. The smallest absolute Gasteiger partial charge is 0.303 e. The Balaban J connectivity index is 3.95. The highest BCUT2D eigenvalue weighted by atomic mass is 16.5. The van der Waals surface area contributed by atoms with Crippen molar-refractivity contribution in [3.05, 3.63) is 23.8 Å². The molecule has 0 radical (unpaired) electrons. The van der Waals surface area contributed by atoms with Crippen LogP contribution in [0, 0.1) is 0 Å². The molecule has 0 spiro atoms. The summed E-state index contributed by atoms with van der Waals surface area (Å²) >= 11 is 0. The van der Waals surface area contributed by atoms with Gasteiger partial charge in [0.05, 0.1) is 0 Å². The van der Waals surface area contributed by atoms with Crippen LogP contribution in [0.1, 0.15) is 46.5 Å². The van der Waals surface area contributed by atoms with E-state index in [4.69, 9.17) is 9.84 Å². The van der Waals surface area contributed by atoms with E-state index in [0.29, 0.717) is 6.42 Å². The van der Waals surface area contributed by atoms with E-state index in [-0.39, 0.29) is 18.5 Å². The summed E-state index contributed by atoms with van der Waals surface area (Å²) in [6.07, 6.45) is 3.99. The molecule has 0 amide bonds. The fraction of sp³-hybridized carbons (Fsp3) is 0.571. The summed E-state index contributed by atoms with van der Waals surface area (Å²) in [5.41, 5.74) is 1.93. The quantitative estimate of drug-likeness (QED) is 0.534. The molecule has 0 saturated carbocycles. The lowest BCUT2D eigenvalue weighted by Gasteiger charge is -2.14. The second-order valence-electron chi connectivity index (χ2n) is 4.39. The average molecular weight is 254 g/mol. The van der Waals surface area contributed by atoms with E-state index < -0.39 is 5.97 Å². The largest absolute Gasteiger partial charge is 0.481 e. The molecule has 4 heteroatoms. The Hall–Kier alpha value is -1.58. The molecule has 0 aliphatic heterocycles. The number of hydrogen-bond acceptors (Lipinski definition) is 3. The number of rotatable bonds is 8. The van der Waals surface area contributed by atoms with Crippen molar-refractivity contribution in [1.82, 2.24) is 0 Å². The lowest BCUT2D eigenvalue weighted by atomic mass is 10.0. The van der Waals surface area contributed by atoms with Gasteiger partial charge in [-0.05, 0) is 38.7 Å². The predicted molar refractivity (Wildman–Crippen MR) is 70.2 cm³/mol. The van der Waals surface area contributed by atoms with Gasteiger partial charge in [-0.25, -0.2) is 0 Å². The summed E-state index contributed by atoms with van der Waals surface area (Å²) in [5.74, 6) is -1.09. The van der Waals surface area contributed by atoms with Crippen molar-refractivity contribution in [3.8, 4) is 0 Å². The van der Waals surface area contributed by atoms with Gasteiger partial charge in [0.15, 0.2) is 0 Å². The van der Waals surface area contributed by atoms with Crippen molar-refractivity contribution in [2.45, 2.75) is 52.6 Å². The van der Waals surface area contributed by atoms with Crippen molar-refractivity contribution >= 4 is 11.9 Å². The van der Waals surface area contributed by atoms with Crippen LogP contribution in [-0.4, -0.2) is 23.1 Å². The lowest BCUT2D eigenvalue weighted by molar-refractivity contribution is -0.144. The molecular formula is C14H22O4. The number of allylic oxidation sites excluding steroid dienone is 2. The minimum absolute atomic E-state index is 0.160. The van der Waals surface area contributed by atoms with Gasteiger partial charge >= 0.3 is 11.9 Å². The number of carboxylic acids is 1. The molecule has 0 rings (SSSR count). The maximum atomic E-state index is 10.8. The first kappa shape index (κ1) is 16.4. The van der Waals surface area contributed by atoms with Crippen LogP contribution in [0.4, 0.5) is 0 Å². The number of carbonyl (C=O) groups excluding carboxylic acids is 1. The predicted octanol–water partition coefficient (Wildman–Crippen LogP) is 3.09. The summed E-state index contributed by atoms with van der Waals surface area (Å²) in [6.45, 7) is 8.97. The molecule has 1 atom stereocenters. The number of hydrogen-bond donors (Lipinski definition) is 1. The minimum Gasteiger partial charge on any atom is -0.481 e. The zero-order valence-electron chi connectivity index (χ0n) is 11.4. The van der Waals surface area contributed by atoms with Crippen molar-refractivity contribution in [2.75, 3.05) is 0 Å². The van der Waals surface area contributed by atoms with Crippen LogP contribution in [0.5, 0.6) is 0 Å². The zero-order chi connectivity index (χ0) is 14.1. The van der Waals surface area contributed by atoms with E-state index in [1.54, 1.807) is 6.92 Å². The second-order valence-corrected chi connectivity index (χ2v) is 4.39. The summed E-state index contributed by atoms with van der Waals surface area (Å²) in [6, 6.07) is 0. The van der Waals surface area contributed by atoms with E-state index in [9.17, 15) is 9.59 Å². The monoisotopic (exact) mass is 254 g/mol. The molecule has 0 saturated heterocycles. The molecule has 102 valence electrons. The molecule has 0 aromatic carbocycles. The number of ether oxygens (including phenoxy) is 1. The van der Waals surface area contributed by atoms with Gasteiger partial charge in [-0.15, -0.1) is 0 Å². The van der Waals surface area contributed by atoms with Gasteiger partial charge in [0.25, 0.3) is 0 Å². The molecule has 0 aromatic heterocycles. The first-order chi connectivity index (χ1) is 8.32. The molecule has 0 aliphatic rings. The van der Waals surface area contributed by atoms with Gasteiger partial charge in [0, 0.05) is 13.3 Å². The first-order valence-corrected chi connectivity index (χ1v) is 6.05. The van der Waals surface area contributed by atoms with E-state index in [1.807, 2.05) is 13.0 Å². The maximum absolute atomic E-state index is 10.8. The molecular weight excluding hydrogens is 232 g/mol. The Kier molecular flexibility index (Phi) is 7.76. The Morgan fingerprint density at radius 1 is 1.28 bits per heavy atom. The molecule has 18 heavy (non-hydrogen) atoms. The summed E-state index contributed by atoms with van der Waals surface area (Å²) in [5, 5.41) is 8.54. The van der Waals surface area contributed by atoms with Crippen LogP contribution in [0.3, 0.4) is 0 Å². The van der Waals surface area contributed by atoms with Crippen LogP contribution >= 0.6 is 0 Å². The summed E-state index contributed by atoms with van der Waals surface area (Å²) in [7, 11) is 0. The zero-order valence-corrected chi connectivity index (χ0v) is 11.4. The van der Waals surface area contributed by atoms with Gasteiger partial charge in [-0.1, -0.05) is 18.2 Å². The molecule has 0 bridgehead atoms. The molecule has 0 heterocycles. The maximum Gasteiger partial charge on any atom is 0.303 e. The van der Waals surface area contributed by atoms with Crippen LogP contribution < -0.4 is 0 Å². The van der Waals surface area contributed by atoms with Gasteiger partial charge in [-0.2, -0.15) is 0 Å². The Morgan fingerprint density at radius 2 is 1.89 bits per heavy atom. The minimum atomic E-state index is -0.782. The van der Waals surface area contributed by atoms with Crippen LogP contribution in [0.15, 0.2) is 23.8 Å². The molecule has 1 unspecified atom stereocenters. The summed E-state index contributed by atoms with van der Waals surface area (Å²) < 4.78 is 5.01. The van der Waals surface area contributed by atoms with Gasteiger partial charge < -0.3 is 9.84 Å². The number of carboxylic acid groups (broad SMARTS) is 1. The normalized spacial score (nSPS) is 12.9. The van der Waals surface area contributed by atoms with E-state index in [2.05, 4.69) is 6.58 Å². The van der Waals surface area contributed by atoms with Gasteiger partial charge in [0.1, 0.15) is 6.10 Å². The number of esters is 1. The number of aliphatic carboxylic acids is 1. The third-order valence-corrected chi connectivity index (χ3v) is 2.61. The van der Waals surface area contributed by atoms with Crippen LogP contribution in [0.25, 0.3) is 0 Å². The highest BCUT2D eigenvalue weighted by Crippen LogP contribution is 2.14. The molecule has 0 aromatic rings. The highest BCUT2D eigenvalue weighted by Gasteiger charge is 2.08. The molecule has 1 N–H and O–H groups in total. The van der Waals surface area contributed by atoms with Crippen LogP contribution in [-0.2, 0) is 14.3 Å². The van der Waals surface area contributed by atoms with Crippen molar-refractivity contribution in [1.29, 1.82) is 0 Å². The fourth-order valence-electron chi connectivity index (χ4n) is 1.45. The van der Waals surface area contributed by atoms with E-state index in [1.165, 1.54) is 6.92 Å². The Labute approximate surface area is 108 Å². The Bertz CT molecular complexity index is 342. The van der Waals surface area contributed by atoms with Gasteiger partial charge in [0.2, 0.25) is 0 Å². The average Bonchev–Trinajstić information content (AvgIpc) is 2.25. The third-order valence-electron chi connectivity index (χ3n) is 2.61. The molecule has 0 aliphatic carbocycles. The summed E-state index contributed by atoms with van der Waals surface area (Å²) in [4.78, 5) is 21.1. The Morgan fingerprint density at radius 3 is 2.39 bits per heavy atom. The number of carbonyl (C=O) groups is 2. The van der Waals surface area contributed by atoms with Crippen molar-refractivity contribution < 1.29 is 19.4 Å². The molecule has 0 fully saturated rings. The van der Waals surface area contributed by atoms with E-state index >= 15 is 0 Å². The van der Waals surface area contributed by atoms with Crippen molar-refractivity contribution in [3.63, 3.8) is 0 Å². The lowest BCUT2D eigenvalue weighted by Crippen LogP contribution is -2.14. The fourth-order valence-corrected chi connectivity index (χ4v) is 1.45. The first-order valence-electron chi connectivity index (χ1n) is 6.05. The SMILES string of the molecule is C=C(CC/C=C(\C)CCC(=O)O)C(C)OC(C)=O.